The highest BCUT2D eigenvalue weighted by atomic mass is 35.7. The highest BCUT2D eigenvalue weighted by Crippen LogP contribution is 2.28. The lowest BCUT2D eigenvalue weighted by molar-refractivity contribution is 0.107. The Labute approximate surface area is 100 Å². The van der Waals surface area contributed by atoms with Gasteiger partial charge in [-0.1, -0.05) is 0 Å². The predicted octanol–water partition coefficient (Wildman–Crippen LogP) is 2.14. The Kier molecular flexibility index (Phi) is 3.77. The summed E-state index contributed by atoms with van der Waals surface area (Å²) in [5.41, 5.74) is -0.273. The second-order valence-corrected chi connectivity index (χ2v) is 5.57. The summed E-state index contributed by atoms with van der Waals surface area (Å²) >= 11 is 5.18. The SMILES string of the molecule is COc1cc(F)c(S(=O)(=O)Cl)cc1C(=O)Cl. The van der Waals surface area contributed by atoms with Gasteiger partial charge in [0, 0.05) is 16.7 Å². The molecule has 0 saturated heterocycles. The van der Waals surface area contributed by atoms with Crippen molar-refractivity contribution in [2.24, 2.45) is 0 Å². The highest BCUT2D eigenvalue weighted by molar-refractivity contribution is 8.13. The van der Waals surface area contributed by atoms with Gasteiger partial charge in [-0.2, -0.15) is 0 Å². The summed E-state index contributed by atoms with van der Waals surface area (Å²) in [6.07, 6.45) is 0. The van der Waals surface area contributed by atoms with Crippen LogP contribution in [0.5, 0.6) is 5.75 Å². The molecule has 0 saturated carbocycles. The summed E-state index contributed by atoms with van der Waals surface area (Å²) in [6, 6.07) is 1.46. The van der Waals surface area contributed by atoms with E-state index in [2.05, 4.69) is 4.74 Å². The van der Waals surface area contributed by atoms with Crippen LogP contribution in [0, 0.1) is 5.82 Å². The Hall–Kier alpha value is -0.850. The van der Waals surface area contributed by atoms with Crippen LogP contribution in [0.2, 0.25) is 0 Å². The summed E-state index contributed by atoms with van der Waals surface area (Å²) < 4.78 is 39.9. The molecule has 0 bridgehead atoms. The molecule has 0 atom stereocenters. The van der Waals surface area contributed by atoms with Crippen LogP contribution in [0.1, 0.15) is 10.4 Å². The monoisotopic (exact) mass is 286 g/mol. The maximum absolute atomic E-state index is 13.3. The number of carbonyl (C=O) groups excluding carboxylic acids is 1. The van der Waals surface area contributed by atoms with Crippen LogP contribution in [0.15, 0.2) is 17.0 Å². The van der Waals surface area contributed by atoms with Crippen molar-refractivity contribution in [2.75, 3.05) is 7.11 Å². The fourth-order valence-corrected chi connectivity index (χ4v) is 2.10. The average molecular weight is 287 g/mol. The first-order chi connectivity index (χ1) is 7.27. The Bertz CT molecular complexity index is 541. The van der Waals surface area contributed by atoms with E-state index in [0.717, 1.165) is 12.1 Å². The first-order valence-corrected chi connectivity index (χ1v) is 6.48. The lowest BCUT2D eigenvalue weighted by atomic mass is 10.2. The lowest BCUT2D eigenvalue weighted by Gasteiger charge is -2.07. The molecule has 16 heavy (non-hydrogen) atoms. The largest absolute Gasteiger partial charge is 0.496 e. The zero-order chi connectivity index (χ0) is 12.5. The molecule has 0 amide bonds. The maximum Gasteiger partial charge on any atom is 0.264 e. The molecule has 0 radical (unpaired) electrons. The third-order valence-corrected chi connectivity index (χ3v) is 3.27. The van der Waals surface area contributed by atoms with Gasteiger partial charge in [-0.25, -0.2) is 12.8 Å². The maximum atomic E-state index is 13.3. The third kappa shape index (κ3) is 2.63. The van der Waals surface area contributed by atoms with Crippen molar-refractivity contribution in [1.29, 1.82) is 0 Å². The summed E-state index contributed by atoms with van der Waals surface area (Å²) in [7, 11) is 1.88. The van der Waals surface area contributed by atoms with Crippen molar-refractivity contribution in [3.63, 3.8) is 0 Å². The van der Waals surface area contributed by atoms with E-state index in [1.54, 1.807) is 0 Å². The quantitative estimate of drug-likeness (QED) is 0.799. The van der Waals surface area contributed by atoms with E-state index in [9.17, 15) is 17.6 Å². The van der Waals surface area contributed by atoms with E-state index in [0.29, 0.717) is 0 Å². The van der Waals surface area contributed by atoms with Gasteiger partial charge < -0.3 is 4.74 Å². The van der Waals surface area contributed by atoms with Crippen molar-refractivity contribution < 1.29 is 22.3 Å². The van der Waals surface area contributed by atoms with Crippen molar-refractivity contribution in [2.45, 2.75) is 4.90 Å². The average Bonchev–Trinajstić information content (AvgIpc) is 2.14. The Balaban J connectivity index is 3.58. The first-order valence-electron chi connectivity index (χ1n) is 3.79. The minimum Gasteiger partial charge on any atom is -0.496 e. The van der Waals surface area contributed by atoms with Gasteiger partial charge in [0.2, 0.25) is 0 Å². The number of benzene rings is 1. The van der Waals surface area contributed by atoms with Gasteiger partial charge >= 0.3 is 0 Å². The third-order valence-electron chi connectivity index (χ3n) is 1.73. The normalized spacial score (nSPS) is 11.2. The molecule has 0 aliphatic rings. The molecule has 88 valence electrons. The van der Waals surface area contributed by atoms with Crippen LogP contribution in [0.4, 0.5) is 4.39 Å². The van der Waals surface area contributed by atoms with Crippen LogP contribution in [-0.2, 0) is 9.05 Å². The Morgan fingerprint density at radius 1 is 1.44 bits per heavy atom. The van der Waals surface area contributed by atoms with Crippen molar-refractivity contribution >= 4 is 36.6 Å². The van der Waals surface area contributed by atoms with Gasteiger partial charge in [0.25, 0.3) is 14.3 Å². The Morgan fingerprint density at radius 2 is 2.00 bits per heavy atom. The second kappa shape index (κ2) is 4.57. The molecule has 0 fully saturated rings. The van der Waals surface area contributed by atoms with Gasteiger partial charge in [0.05, 0.1) is 12.7 Å². The minimum atomic E-state index is -4.28. The molecule has 0 unspecified atom stereocenters. The van der Waals surface area contributed by atoms with Crippen molar-refractivity contribution in [3.8, 4) is 5.75 Å². The highest BCUT2D eigenvalue weighted by Gasteiger charge is 2.22. The van der Waals surface area contributed by atoms with Crippen molar-refractivity contribution in [1.82, 2.24) is 0 Å². The van der Waals surface area contributed by atoms with Crippen molar-refractivity contribution in [3.05, 3.63) is 23.5 Å². The number of methoxy groups -OCH3 is 1. The summed E-state index contributed by atoms with van der Waals surface area (Å²) in [6.45, 7) is 0. The predicted molar refractivity (Wildman–Crippen MR) is 56.2 cm³/mol. The molecule has 0 aliphatic heterocycles. The molecule has 0 N–H and O–H groups in total. The molecule has 0 aromatic heterocycles. The molecule has 0 heterocycles. The molecular formula is C8H5Cl2FO4S. The molecule has 1 aromatic rings. The van der Waals surface area contributed by atoms with E-state index in [4.69, 9.17) is 22.3 Å². The fourth-order valence-electron chi connectivity index (χ4n) is 1.04. The number of hydrogen-bond donors (Lipinski definition) is 0. The zero-order valence-corrected chi connectivity index (χ0v) is 10.2. The van der Waals surface area contributed by atoms with Gasteiger partial charge in [0.15, 0.2) is 0 Å². The first kappa shape index (κ1) is 13.2. The summed E-state index contributed by atoms with van der Waals surface area (Å²) in [4.78, 5) is 10.1. The van der Waals surface area contributed by atoms with Crippen LogP contribution < -0.4 is 4.74 Å². The topological polar surface area (TPSA) is 60.4 Å². The molecule has 4 nitrogen and oxygen atoms in total. The van der Waals surface area contributed by atoms with E-state index in [1.807, 2.05) is 0 Å². The number of rotatable bonds is 3. The second-order valence-electron chi connectivity index (χ2n) is 2.69. The number of hydrogen-bond acceptors (Lipinski definition) is 4. The van der Waals surface area contributed by atoms with Gasteiger partial charge in [-0.05, 0) is 17.7 Å². The van der Waals surface area contributed by atoms with Crippen LogP contribution in [0.25, 0.3) is 0 Å². The molecule has 8 heteroatoms. The lowest BCUT2D eigenvalue weighted by Crippen LogP contribution is -2.02. The van der Waals surface area contributed by atoms with Crippen LogP contribution in [0.3, 0.4) is 0 Å². The van der Waals surface area contributed by atoms with E-state index < -0.39 is 25.0 Å². The molecule has 1 rings (SSSR count). The molecule has 0 aliphatic carbocycles. The number of carbonyl (C=O) groups is 1. The molecule has 1 aromatic carbocycles. The summed E-state index contributed by atoms with van der Waals surface area (Å²) in [5.74, 6) is -1.28. The van der Waals surface area contributed by atoms with Gasteiger partial charge in [0.1, 0.15) is 16.5 Å². The smallest absolute Gasteiger partial charge is 0.264 e. The van der Waals surface area contributed by atoms with E-state index in [-0.39, 0.29) is 11.3 Å². The standard InChI is InChI=1S/C8H5Cl2FO4S/c1-15-6-3-5(11)7(16(10,13)14)2-4(6)8(9)12/h2-3H,1H3. The number of ether oxygens (including phenoxy) is 1. The minimum absolute atomic E-state index is 0.165. The van der Waals surface area contributed by atoms with E-state index >= 15 is 0 Å². The molecular weight excluding hydrogens is 282 g/mol. The van der Waals surface area contributed by atoms with Gasteiger partial charge in [-0.15, -0.1) is 0 Å². The fraction of sp³-hybridized carbons (Fsp3) is 0.125. The zero-order valence-electron chi connectivity index (χ0n) is 7.83. The van der Waals surface area contributed by atoms with Crippen LogP contribution in [-0.4, -0.2) is 20.8 Å². The Morgan fingerprint density at radius 3 is 2.38 bits per heavy atom. The molecule has 0 spiro atoms. The number of halogens is 3. The van der Waals surface area contributed by atoms with Gasteiger partial charge in [-0.3, -0.25) is 4.79 Å². The summed E-state index contributed by atoms with van der Waals surface area (Å²) in [5, 5.41) is -0.974. The van der Waals surface area contributed by atoms with E-state index in [1.165, 1.54) is 7.11 Å². The van der Waals surface area contributed by atoms with Crippen LogP contribution >= 0.6 is 22.3 Å².